The van der Waals surface area contributed by atoms with E-state index in [-0.39, 0.29) is 11.4 Å². The molecule has 0 bridgehead atoms. The molecule has 0 aliphatic heterocycles. The minimum Gasteiger partial charge on any atom is -0.480 e. The fourth-order valence-electron chi connectivity index (χ4n) is 1.63. The highest BCUT2D eigenvalue weighted by Gasteiger charge is 2.35. The highest BCUT2D eigenvalue weighted by molar-refractivity contribution is 5.72. The Morgan fingerprint density at radius 1 is 1.38 bits per heavy atom. The topological polar surface area (TPSA) is 80.9 Å². The lowest BCUT2D eigenvalue weighted by Gasteiger charge is -2.11. The number of benzene rings is 1. The van der Waals surface area contributed by atoms with E-state index >= 15 is 0 Å². The van der Waals surface area contributed by atoms with Gasteiger partial charge in [-0.1, -0.05) is 0 Å². The van der Waals surface area contributed by atoms with Crippen molar-refractivity contribution in [3.05, 3.63) is 29.6 Å². The van der Waals surface area contributed by atoms with Crippen LogP contribution >= 0.6 is 0 Å². The number of carboxylic acids is 1. The van der Waals surface area contributed by atoms with E-state index in [9.17, 15) is 22.4 Å². The fourth-order valence-corrected chi connectivity index (χ4v) is 1.63. The standard InChI is InChI=1S/C11H8F4N4O2/c1-5(10(20)21)19-9(16-17-18-19)6-2-3-8(12)7(4-6)11(13,14)15/h2-5H,1H3,(H,20,21). The van der Waals surface area contributed by atoms with Crippen LogP contribution in [0.15, 0.2) is 18.2 Å². The Balaban J connectivity index is 2.54. The first-order valence-electron chi connectivity index (χ1n) is 5.59. The number of alkyl halides is 3. The van der Waals surface area contributed by atoms with Crippen LogP contribution in [0.3, 0.4) is 0 Å². The number of carbonyl (C=O) groups is 1. The van der Waals surface area contributed by atoms with Crippen LogP contribution in [0.5, 0.6) is 0 Å². The lowest BCUT2D eigenvalue weighted by atomic mass is 10.1. The zero-order valence-electron chi connectivity index (χ0n) is 10.5. The molecule has 0 saturated heterocycles. The van der Waals surface area contributed by atoms with Gasteiger partial charge in [0.1, 0.15) is 5.82 Å². The van der Waals surface area contributed by atoms with Gasteiger partial charge in [-0.25, -0.2) is 13.9 Å². The monoisotopic (exact) mass is 304 g/mol. The van der Waals surface area contributed by atoms with Crippen LogP contribution in [-0.4, -0.2) is 31.3 Å². The minimum absolute atomic E-state index is 0.137. The number of tetrazole rings is 1. The molecule has 2 aromatic rings. The minimum atomic E-state index is -4.88. The number of rotatable bonds is 3. The van der Waals surface area contributed by atoms with Crippen LogP contribution in [0.25, 0.3) is 11.4 Å². The van der Waals surface area contributed by atoms with E-state index in [1.807, 2.05) is 0 Å². The third-order valence-electron chi connectivity index (χ3n) is 2.75. The quantitative estimate of drug-likeness (QED) is 0.879. The summed E-state index contributed by atoms with van der Waals surface area (Å²) in [6, 6.07) is 1.02. The second-order valence-corrected chi connectivity index (χ2v) is 4.15. The summed E-state index contributed by atoms with van der Waals surface area (Å²) in [5.74, 6) is -2.89. The predicted molar refractivity (Wildman–Crippen MR) is 60.6 cm³/mol. The van der Waals surface area contributed by atoms with Gasteiger partial charge in [0.25, 0.3) is 0 Å². The highest BCUT2D eigenvalue weighted by atomic mass is 19.4. The number of nitrogens with zero attached hydrogens (tertiary/aromatic N) is 4. The summed E-state index contributed by atoms with van der Waals surface area (Å²) in [6.45, 7) is 1.26. The molecule has 1 unspecified atom stereocenters. The van der Waals surface area contributed by atoms with E-state index in [2.05, 4.69) is 15.5 Å². The van der Waals surface area contributed by atoms with Gasteiger partial charge in [-0.05, 0) is 35.5 Å². The molecule has 0 aliphatic rings. The SMILES string of the molecule is CC(C(=O)O)n1nnnc1-c1ccc(F)c(C(F)(F)F)c1. The van der Waals surface area contributed by atoms with Gasteiger partial charge in [0.2, 0.25) is 0 Å². The molecule has 0 amide bonds. The molecule has 1 aromatic carbocycles. The first-order chi connectivity index (χ1) is 9.71. The molecule has 2 rings (SSSR count). The average molecular weight is 304 g/mol. The second kappa shape index (κ2) is 5.11. The van der Waals surface area contributed by atoms with E-state index in [0.717, 1.165) is 10.7 Å². The summed E-state index contributed by atoms with van der Waals surface area (Å²) in [4.78, 5) is 10.9. The Morgan fingerprint density at radius 2 is 2.05 bits per heavy atom. The predicted octanol–water partition coefficient (Wildman–Crippen LogP) is 2.14. The van der Waals surface area contributed by atoms with Gasteiger partial charge >= 0.3 is 12.1 Å². The fraction of sp³-hybridized carbons (Fsp3) is 0.273. The zero-order valence-corrected chi connectivity index (χ0v) is 10.5. The molecule has 21 heavy (non-hydrogen) atoms. The molecular weight excluding hydrogens is 296 g/mol. The first-order valence-corrected chi connectivity index (χ1v) is 5.59. The normalized spacial score (nSPS) is 13.2. The van der Waals surface area contributed by atoms with Gasteiger partial charge < -0.3 is 5.11 Å². The van der Waals surface area contributed by atoms with E-state index in [4.69, 9.17) is 5.11 Å². The maximum atomic E-state index is 13.2. The summed E-state index contributed by atoms with van der Waals surface area (Å²) in [6.07, 6.45) is -4.88. The van der Waals surface area contributed by atoms with Gasteiger partial charge in [-0.15, -0.1) is 5.10 Å². The summed E-state index contributed by atoms with van der Waals surface area (Å²) in [7, 11) is 0. The molecule has 0 spiro atoms. The van der Waals surface area contributed by atoms with Gasteiger partial charge in [0.15, 0.2) is 11.9 Å². The Hall–Kier alpha value is -2.52. The molecular formula is C11H8F4N4O2. The van der Waals surface area contributed by atoms with Gasteiger partial charge in [0, 0.05) is 5.56 Å². The van der Waals surface area contributed by atoms with Crippen molar-refractivity contribution in [1.82, 2.24) is 20.2 Å². The second-order valence-electron chi connectivity index (χ2n) is 4.15. The van der Waals surface area contributed by atoms with Crippen LogP contribution in [0.1, 0.15) is 18.5 Å². The third kappa shape index (κ3) is 2.83. The number of carboxylic acid groups (broad SMARTS) is 1. The maximum absolute atomic E-state index is 13.2. The molecule has 0 radical (unpaired) electrons. The highest BCUT2D eigenvalue weighted by Crippen LogP contribution is 2.34. The first kappa shape index (κ1) is 14.9. The lowest BCUT2D eigenvalue weighted by molar-refractivity contribution is -0.141. The van der Waals surface area contributed by atoms with Crippen molar-refractivity contribution < 1.29 is 27.5 Å². The van der Waals surface area contributed by atoms with Crippen molar-refractivity contribution in [2.24, 2.45) is 0 Å². The number of aliphatic carboxylic acids is 1. The van der Waals surface area contributed by atoms with Crippen molar-refractivity contribution in [3.8, 4) is 11.4 Å². The smallest absolute Gasteiger partial charge is 0.419 e. The molecule has 6 nitrogen and oxygen atoms in total. The molecule has 1 atom stereocenters. The summed E-state index contributed by atoms with van der Waals surface area (Å²) >= 11 is 0. The molecule has 10 heteroatoms. The molecule has 112 valence electrons. The molecule has 0 aliphatic carbocycles. The zero-order chi connectivity index (χ0) is 15.8. The van der Waals surface area contributed by atoms with Gasteiger partial charge in [0.05, 0.1) is 5.56 Å². The van der Waals surface area contributed by atoms with Gasteiger partial charge in [-0.3, -0.25) is 0 Å². The Kier molecular flexibility index (Phi) is 3.62. The summed E-state index contributed by atoms with van der Waals surface area (Å²) < 4.78 is 52.1. The van der Waals surface area contributed by atoms with Gasteiger partial charge in [-0.2, -0.15) is 13.2 Å². The van der Waals surface area contributed by atoms with E-state index in [1.54, 1.807) is 0 Å². The maximum Gasteiger partial charge on any atom is 0.419 e. The van der Waals surface area contributed by atoms with Crippen molar-refractivity contribution >= 4 is 5.97 Å². The van der Waals surface area contributed by atoms with E-state index < -0.39 is 29.6 Å². The van der Waals surface area contributed by atoms with Crippen LogP contribution < -0.4 is 0 Å². The van der Waals surface area contributed by atoms with Crippen LogP contribution in [0.4, 0.5) is 17.6 Å². The number of aromatic nitrogens is 4. The molecule has 0 saturated carbocycles. The molecule has 1 heterocycles. The van der Waals surface area contributed by atoms with Crippen molar-refractivity contribution in [3.63, 3.8) is 0 Å². The average Bonchev–Trinajstić information content (AvgIpc) is 2.86. The number of hydrogen-bond donors (Lipinski definition) is 1. The van der Waals surface area contributed by atoms with Crippen LogP contribution in [-0.2, 0) is 11.0 Å². The summed E-state index contributed by atoms with van der Waals surface area (Å²) in [5, 5.41) is 19.1. The van der Waals surface area contributed by atoms with Crippen molar-refractivity contribution in [1.29, 1.82) is 0 Å². The lowest BCUT2D eigenvalue weighted by Crippen LogP contribution is -2.18. The summed E-state index contributed by atoms with van der Waals surface area (Å²) in [5.41, 5.74) is -1.61. The van der Waals surface area contributed by atoms with E-state index in [0.29, 0.717) is 12.1 Å². The Morgan fingerprint density at radius 3 is 2.62 bits per heavy atom. The number of hydrogen-bond acceptors (Lipinski definition) is 4. The van der Waals surface area contributed by atoms with Crippen molar-refractivity contribution in [2.45, 2.75) is 19.1 Å². The largest absolute Gasteiger partial charge is 0.480 e. The Labute approximate surface area is 115 Å². The third-order valence-corrected chi connectivity index (χ3v) is 2.75. The van der Waals surface area contributed by atoms with E-state index in [1.165, 1.54) is 6.92 Å². The molecule has 0 fully saturated rings. The molecule has 1 N–H and O–H groups in total. The number of halogens is 4. The Bertz CT molecular complexity index is 683. The van der Waals surface area contributed by atoms with Crippen molar-refractivity contribution in [2.75, 3.05) is 0 Å². The van der Waals surface area contributed by atoms with Crippen LogP contribution in [0.2, 0.25) is 0 Å². The van der Waals surface area contributed by atoms with Crippen LogP contribution in [0, 0.1) is 5.82 Å². The molecule has 1 aromatic heterocycles.